The Kier molecular flexibility index (Phi) is 7.21. The molecule has 0 aliphatic carbocycles. The Morgan fingerprint density at radius 1 is 0.867 bits per heavy atom. The molecule has 0 aliphatic heterocycles. The lowest BCUT2D eigenvalue weighted by Crippen LogP contribution is -2.25. The maximum Gasteiger partial charge on any atom is 0.261 e. The van der Waals surface area contributed by atoms with E-state index < -0.39 is 10.0 Å². The fourth-order valence-electron chi connectivity index (χ4n) is 3.01. The van der Waals surface area contributed by atoms with Gasteiger partial charge in [-0.25, -0.2) is 8.42 Å². The normalized spacial score (nSPS) is 12.2. The second-order valence-corrected chi connectivity index (χ2v) is 8.59. The van der Waals surface area contributed by atoms with Crippen molar-refractivity contribution in [3.63, 3.8) is 0 Å². The van der Waals surface area contributed by atoms with Crippen molar-refractivity contribution in [3.05, 3.63) is 96.1 Å². The summed E-state index contributed by atoms with van der Waals surface area (Å²) in [6.45, 7) is 0.215. The summed E-state index contributed by atoms with van der Waals surface area (Å²) in [5, 5.41) is 2.84. The lowest BCUT2D eigenvalue weighted by molar-refractivity contribution is -0.121. The van der Waals surface area contributed by atoms with Crippen LogP contribution in [0.2, 0.25) is 0 Å². The average Bonchev–Trinajstić information content (AvgIpc) is 2.78. The molecule has 0 spiro atoms. The predicted octanol–water partition coefficient (Wildman–Crippen LogP) is 3.58. The molecular weight excluding hydrogens is 398 g/mol. The predicted molar refractivity (Wildman–Crippen MR) is 118 cm³/mol. The van der Waals surface area contributed by atoms with Crippen molar-refractivity contribution in [2.24, 2.45) is 5.73 Å². The highest BCUT2D eigenvalue weighted by molar-refractivity contribution is 7.92. The van der Waals surface area contributed by atoms with E-state index in [1.165, 1.54) is 12.1 Å². The third-order valence-corrected chi connectivity index (χ3v) is 6.08. The van der Waals surface area contributed by atoms with Crippen LogP contribution >= 0.6 is 0 Å². The third-order valence-electron chi connectivity index (χ3n) is 4.70. The van der Waals surface area contributed by atoms with Crippen LogP contribution in [0.15, 0.2) is 89.8 Å². The number of anilines is 1. The number of carbonyl (C=O) groups is 1. The Morgan fingerprint density at radius 3 is 2.17 bits per heavy atom. The minimum absolute atomic E-state index is 0.137. The molecule has 0 saturated heterocycles. The second-order valence-electron chi connectivity index (χ2n) is 6.91. The Bertz CT molecular complexity index is 1070. The van der Waals surface area contributed by atoms with Gasteiger partial charge in [0, 0.05) is 19.0 Å². The fraction of sp³-hybridized carbons (Fsp3) is 0.174. The lowest BCUT2D eigenvalue weighted by atomic mass is 10.0. The number of sulfonamides is 1. The van der Waals surface area contributed by atoms with Crippen LogP contribution in [0.3, 0.4) is 0 Å². The minimum Gasteiger partial charge on any atom is -0.352 e. The van der Waals surface area contributed by atoms with E-state index in [-0.39, 0.29) is 29.8 Å². The van der Waals surface area contributed by atoms with E-state index in [0.717, 1.165) is 5.56 Å². The Labute approximate surface area is 177 Å². The topological polar surface area (TPSA) is 101 Å². The molecule has 4 N–H and O–H groups in total. The summed E-state index contributed by atoms with van der Waals surface area (Å²) in [7, 11) is -3.71. The number of hydrogen-bond acceptors (Lipinski definition) is 4. The van der Waals surface area contributed by atoms with E-state index >= 15 is 0 Å². The van der Waals surface area contributed by atoms with Crippen molar-refractivity contribution in [1.82, 2.24) is 5.32 Å². The van der Waals surface area contributed by atoms with Crippen LogP contribution in [0.4, 0.5) is 5.69 Å². The van der Waals surface area contributed by atoms with Crippen molar-refractivity contribution in [3.8, 4) is 0 Å². The van der Waals surface area contributed by atoms with Crippen molar-refractivity contribution in [2.75, 3.05) is 4.72 Å². The Morgan fingerprint density at radius 2 is 1.47 bits per heavy atom. The molecule has 7 heteroatoms. The lowest BCUT2D eigenvalue weighted by Gasteiger charge is -2.14. The molecule has 1 amide bonds. The quantitative estimate of drug-likeness (QED) is 0.490. The van der Waals surface area contributed by atoms with Crippen LogP contribution in [0, 0.1) is 0 Å². The van der Waals surface area contributed by atoms with Gasteiger partial charge in [0.05, 0.1) is 10.6 Å². The molecule has 0 saturated carbocycles. The fourth-order valence-corrected chi connectivity index (χ4v) is 4.13. The molecule has 6 nitrogen and oxygen atoms in total. The highest BCUT2D eigenvalue weighted by Gasteiger charge is 2.16. The van der Waals surface area contributed by atoms with Gasteiger partial charge in [0.1, 0.15) is 0 Å². The molecule has 0 unspecified atom stereocenters. The number of hydrogen-bond donors (Lipinski definition) is 3. The summed E-state index contributed by atoms with van der Waals surface area (Å²) in [4.78, 5) is 12.4. The van der Waals surface area contributed by atoms with Crippen LogP contribution in [-0.4, -0.2) is 14.3 Å². The zero-order valence-corrected chi connectivity index (χ0v) is 17.3. The van der Waals surface area contributed by atoms with Crippen LogP contribution in [0.5, 0.6) is 0 Å². The number of rotatable bonds is 9. The SMILES string of the molecule is N[C@H](CCC(=O)NCc1ccccc1NS(=O)(=O)c1ccccc1)c1ccccc1. The number of carbonyl (C=O) groups excluding carboxylic acids is 1. The number of nitrogens with one attached hydrogen (secondary N) is 2. The van der Waals surface area contributed by atoms with Crippen LogP contribution in [-0.2, 0) is 21.4 Å². The molecular formula is C23H25N3O3S. The maximum atomic E-state index is 12.6. The van der Waals surface area contributed by atoms with Gasteiger partial charge in [0.15, 0.2) is 0 Å². The van der Waals surface area contributed by atoms with E-state index in [1.807, 2.05) is 30.3 Å². The highest BCUT2D eigenvalue weighted by atomic mass is 32.2. The number of benzene rings is 3. The molecule has 30 heavy (non-hydrogen) atoms. The molecule has 0 aromatic heterocycles. The standard InChI is InChI=1S/C23H25N3O3S/c24-21(18-9-3-1-4-10-18)15-16-23(27)25-17-19-11-7-8-14-22(19)26-30(28,29)20-12-5-2-6-13-20/h1-14,21,26H,15-17,24H2,(H,25,27)/t21-/m1/s1. The molecule has 3 rings (SSSR count). The summed E-state index contributed by atoms with van der Waals surface area (Å²) in [5.74, 6) is -0.137. The van der Waals surface area contributed by atoms with Gasteiger partial charge in [0.2, 0.25) is 5.91 Å². The zero-order chi connectivity index (χ0) is 21.4. The summed E-state index contributed by atoms with van der Waals surface area (Å²) in [6, 6.07) is 24.6. The van der Waals surface area contributed by atoms with Gasteiger partial charge >= 0.3 is 0 Å². The van der Waals surface area contributed by atoms with Crippen molar-refractivity contribution >= 4 is 21.6 Å². The number of nitrogens with two attached hydrogens (primary N) is 1. The zero-order valence-electron chi connectivity index (χ0n) is 16.5. The Hall–Kier alpha value is -3.16. The second kappa shape index (κ2) is 10.0. The van der Waals surface area contributed by atoms with Gasteiger partial charge in [0.25, 0.3) is 10.0 Å². The largest absolute Gasteiger partial charge is 0.352 e. The molecule has 0 bridgehead atoms. The first kappa shape index (κ1) is 21.5. The number of para-hydroxylation sites is 1. The van der Waals surface area contributed by atoms with Crippen LogP contribution in [0.25, 0.3) is 0 Å². The monoisotopic (exact) mass is 423 g/mol. The van der Waals surface area contributed by atoms with Crippen molar-refractivity contribution in [2.45, 2.75) is 30.3 Å². The van der Waals surface area contributed by atoms with Gasteiger partial charge < -0.3 is 11.1 Å². The molecule has 156 valence electrons. The summed E-state index contributed by atoms with van der Waals surface area (Å²) < 4.78 is 27.8. The molecule has 3 aromatic rings. The summed E-state index contributed by atoms with van der Waals surface area (Å²) in [5.41, 5.74) is 8.25. The minimum atomic E-state index is -3.71. The van der Waals surface area contributed by atoms with E-state index in [1.54, 1.807) is 42.5 Å². The third kappa shape index (κ3) is 5.92. The molecule has 1 atom stereocenters. The van der Waals surface area contributed by atoms with Gasteiger partial charge in [-0.3, -0.25) is 9.52 Å². The van der Waals surface area contributed by atoms with Gasteiger partial charge in [-0.2, -0.15) is 0 Å². The smallest absolute Gasteiger partial charge is 0.261 e. The summed E-state index contributed by atoms with van der Waals surface area (Å²) >= 11 is 0. The van der Waals surface area contributed by atoms with Crippen molar-refractivity contribution < 1.29 is 13.2 Å². The number of amides is 1. The first-order chi connectivity index (χ1) is 14.5. The molecule has 0 aliphatic rings. The first-order valence-corrected chi connectivity index (χ1v) is 11.2. The van der Waals surface area contributed by atoms with Crippen LogP contribution < -0.4 is 15.8 Å². The van der Waals surface area contributed by atoms with Crippen molar-refractivity contribution in [1.29, 1.82) is 0 Å². The molecule has 0 radical (unpaired) electrons. The summed E-state index contributed by atoms with van der Waals surface area (Å²) in [6.07, 6.45) is 0.812. The Balaban J connectivity index is 1.58. The van der Waals surface area contributed by atoms with E-state index in [9.17, 15) is 13.2 Å². The van der Waals surface area contributed by atoms with E-state index in [0.29, 0.717) is 17.7 Å². The van der Waals surface area contributed by atoms with E-state index in [4.69, 9.17) is 5.73 Å². The highest BCUT2D eigenvalue weighted by Crippen LogP contribution is 2.20. The van der Waals surface area contributed by atoms with Gasteiger partial charge in [-0.05, 0) is 35.7 Å². The van der Waals surface area contributed by atoms with Gasteiger partial charge in [-0.1, -0.05) is 66.7 Å². The van der Waals surface area contributed by atoms with E-state index in [2.05, 4.69) is 10.0 Å². The average molecular weight is 424 g/mol. The first-order valence-electron chi connectivity index (χ1n) is 9.69. The van der Waals surface area contributed by atoms with Crippen LogP contribution in [0.1, 0.15) is 30.0 Å². The molecule has 0 heterocycles. The molecule has 0 fully saturated rings. The molecule has 3 aromatic carbocycles. The maximum absolute atomic E-state index is 12.6. The van der Waals surface area contributed by atoms with Gasteiger partial charge in [-0.15, -0.1) is 0 Å².